The zero-order chi connectivity index (χ0) is 13.8. The minimum absolute atomic E-state index is 0.111. The van der Waals surface area contributed by atoms with Crippen LogP contribution in [0.2, 0.25) is 0 Å². The number of rotatable bonds is 6. The summed E-state index contributed by atoms with van der Waals surface area (Å²) < 4.78 is 30.9. The van der Waals surface area contributed by atoms with Crippen molar-refractivity contribution in [1.82, 2.24) is 4.72 Å². The highest BCUT2D eigenvalue weighted by atomic mass is 32.2. The van der Waals surface area contributed by atoms with Crippen molar-refractivity contribution in [2.75, 3.05) is 13.7 Å². The van der Waals surface area contributed by atoms with E-state index in [4.69, 9.17) is 4.74 Å². The van der Waals surface area contributed by atoms with Crippen molar-refractivity contribution in [1.29, 1.82) is 0 Å². The third kappa shape index (κ3) is 3.82. The van der Waals surface area contributed by atoms with E-state index < -0.39 is 10.0 Å². The first kappa shape index (κ1) is 14.7. The normalized spacial score (nSPS) is 11.6. The zero-order valence-electron chi connectivity index (χ0n) is 10.6. The summed E-state index contributed by atoms with van der Waals surface area (Å²) in [6, 6.07) is 5.97. The molecule has 0 fully saturated rings. The van der Waals surface area contributed by atoms with E-state index in [1.54, 1.807) is 26.0 Å². The number of hydrogen-bond donors (Lipinski definition) is 1. The van der Waals surface area contributed by atoms with E-state index in [0.29, 0.717) is 5.75 Å². The van der Waals surface area contributed by atoms with Gasteiger partial charge < -0.3 is 4.74 Å². The number of nitrogens with one attached hydrogen (secondary N) is 1. The minimum Gasteiger partial charge on any atom is -0.497 e. The van der Waals surface area contributed by atoms with Gasteiger partial charge in [-0.05, 0) is 24.3 Å². The molecule has 1 aromatic carbocycles. The summed E-state index contributed by atoms with van der Waals surface area (Å²) in [7, 11) is -2.14. The van der Waals surface area contributed by atoms with Crippen molar-refractivity contribution in [2.24, 2.45) is 5.92 Å². The number of carbonyl (C=O) groups excluding carboxylic acids is 1. The van der Waals surface area contributed by atoms with Gasteiger partial charge in [-0.1, -0.05) is 13.8 Å². The Kier molecular flexibility index (Phi) is 4.86. The number of methoxy groups -OCH3 is 1. The lowest BCUT2D eigenvalue weighted by Gasteiger charge is -2.08. The van der Waals surface area contributed by atoms with Crippen LogP contribution in [-0.2, 0) is 14.8 Å². The summed E-state index contributed by atoms with van der Waals surface area (Å²) in [6.45, 7) is 3.26. The first-order chi connectivity index (χ1) is 8.36. The molecule has 0 aliphatic rings. The van der Waals surface area contributed by atoms with Crippen molar-refractivity contribution in [2.45, 2.75) is 18.7 Å². The van der Waals surface area contributed by atoms with Gasteiger partial charge in [0.15, 0.2) is 0 Å². The molecule has 0 spiro atoms. The number of carbonyl (C=O) groups is 1. The highest BCUT2D eigenvalue weighted by molar-refractivity contribution is 7.89. The maximum absolute atomic E-state index is 11.9. The SMILES string of the molecule is COc1ccc(S(=O)(=O)NCC(=O)C(C)C)cc1. The molecule has 0 amide bonds. The maximum Gasteiger partial charge on any atom is 0.240 e. The fraction of sp³-hybridized carbons (Fsp3) is 0.417. The third-order valence-electron chi connectivity index (χ3n) is 2.45. The second-order valence-electron chi connectivity index (χ2n) is 4.12. The minimum atomic E-state index is -3.64. The summed E-state index contributed by atoms with van der Waals surface area (Å²) in [6.07, 6.45) is 0. The predicted octanol–water partition coefficient (Wildman–Crippen LogP) is 1.20. The molecule has 100 valence electrons. The number of benzene rings is 1. The van der Waals surface area contributed by atoms with Crippen LogP contribution in [0.3, 0.4) is 0 Å². The van der Waals surface area contributed by atoms with Crippen molar-refractivity contribution in [3.8, 4) is 5.75 Å². The second-order valence-corrected chi connectivity index (χ2v) is 5.89. The van der Waals surface area contributed by atoms with Crippen molar-refractivity contribution >= 4 is 15.8 Å². The summed E-state index contributed by atoms with van der Waals surface area (Å²) in [5.41, 5.74) is 0. The highest BCUT2D eigenvalue weighted by Crippen LogP contribution is 2.15. The average Bonchev–Trinajstić information content (AvgIpc) is 2.36. The van der Waals surface area contributed by atoms with Crippen molar-refractivity contribution in [3.05, 3.63) is 24.3 Å². The molecule has 0 aliphatic carbocycles. The highest BCUT2D eigenvalue weighted by Gasteiger charge is 2.16. The van der Waals surface area contributed by atoms with Crippen LogP contribution in [0.5, 0.6) is 5.75 Å². The Labute approximate surface area is 107 Å². The zero-order valence-corrected chi connectivity index (χ0v) is 11.5. The van der Waals surface area contributed by atoms with Crippen LogP contribution in [0.25, 0.3) is 0 Å². The lowest BCUT2D eigenvalue weighted by molar-refractivity contribution is -0.120. The van der Waals surface area contributed by atoms with Gasteiger partial charge in [-0.2, -0.15) is 0 Å². The molecule has 0 unspecified atom stereocenters. The Hall–Kier alpha value is -1.40. The molecule has 5 nitrogen and oxygen atoms in total. The molecule has 1 rings (SSSR count). The molecule has 0 heterocycles. The van der Waals surface area contributed by atoms with E-state index >= 15 is 0 Å². The van der Waals surface area contributed by atoms with Crippen LogP contribution in [0.4, 0.5) is 0 Å². The standard InChI is InChI=1S/C12H17NO4S/c1-9(2)12(14)8-13-18(15,16)11-6-4-10(17-3)5-7-11/h4-7,9,13H,8H2,1-3H3. The van der Waals surface area contributed by atoms with Gasteiger partial charge in [0.2, 0.25) is 10.0 Å². The molecule has 6 heteroatoms. The van der Waals surface area contributed by atoms with Gasteiger partial charge in [0.05, 0.1) is 18.6 Å². The van der Waals surface area contributed by atoms with Gasteiger partial charge in [-0.25, -0.2) is 13.1 Å². The first-order valence-corrected chi connectivity index (χ1v) is 7.01. The van der Waals surface area contributed by atoms with Crippen LogP contribution in [-0.4, -0.2) is 27.9 Å². The third-order valence-corrected chi connectivity index (χ3v) is 3.87. The van der Waals surface area contributed by atoms with Crippen molar-refractivity contribution < 1.29 is 17.9 Å². The monoisotopic (exact) mass is 271 g/mol. The molecule has 1 N–H and O–H groups in total. The molecule has 0 radical (unpaired) electrons. The fourth-order valence-electron chi connectivity index (χ4n) is 1.21. The van der Waals surface area contributed by atoms with E-state index in [1.807, 2.05) is 0 Å². The van der Waals surface area contributed by atoms with E-state index in [0.717, 1.165) is 0 Å². The Morgan fingerprint density at radius 1 is 1.28 bits per heavy atom. The van der Waals surface area contributed by atoms with Gasteiger partial charge in [0.1, 0.15) is 11.5 Å². The van der Waals surface area contributed by atoms with Gasteiger partial charge in [-0.15, -0.1) is 0 Å². The van der Waals surface area contributed by atoms with Gasteiger partial charge in [0.25, 0.3) is 0 Å². The smallest absolute Gasteiger partial charge is 0.240 e. The lowest BCUT2D eigenvalue weighted by Crippen LogP contribution is -2.31. The predicted molar refractivity (Wildman–Crippen MR) is 68.0 cm³/mol. The molecule has 0 saturated carbocycles. The fourth-order valence-corrected chi connectivity index (χ4v) is 2.20. The number of ether oxygens (including phenoxy) is 1. The Morgan fingerprint density at radius 3 is 2.28 bits per heavy atom. The number of hydrogen-bond acceptors (Lipinski definition) is 4. The van der Waals surface area contributed by atoms with Gasteiger partial charge in [0, 0.05) is 5.92 Å². The van der Waals surface area contributed by atoms with Gasteiger partial charge >= 0.3 is 0 Å². The quantitative estimate of drug-likeness (QED) is 0.843. The molecular weight excluding hydrogens is 254 g/mol. The molecule has 0 atom stereocenters. The van der Waals surface area contributed by atoms with E-state index in [9.17, 15) is 13.2 Å². The molecule has 0 bridgehead atoms. The number of sulfonamides is 1. The molecule has 1 aromatic rings. The molecule has 0 aliphatic heterocycles. The maximum atomic E-state index is 11.9. The molecule has 0 aromatic heterocycles. The Bertz CT molecular complexity index is 505. The van der Waals surface area contributed by atoms with Crippen LogP contribution >= 0.6 is 0 Å². The van der Waals surface area contributed by atoms with E-state index in [1.165, 1.54) is 19.2 Å². The number of ketones is 1. The molecular formula is C12H17NO4S. The summed E-state index contributed by atoms with van der Waals surface area (Å²) in [4.78, 5) is 11.5. The van der Waals surface area contributed by atoms with Crippen molar-refractivity contribution in [3.63, 3.8) is 0 Å². The number of Topliss-reactive ketones (excluding diaryl/α,β-unsaturated/α-hetero) is 1. The van der Waals surface area contributed by atoms with Crippen LogP contribution < -0.4 is 9.46 Å². The summed E-state index contributed by atoms with van der Waals surface area (Å²) in [5, 5.41) is 0. The lowest BCUT2D eigenvalue weighted by atomic mass is 10.1. The summed E-state index contributed by atoms with van der Waals surface area (Å²) in [5.74, 6) is 0.239. The van der Waals surface area contributed by atoms with Crippen LogP contribution in [0.15, 0.2) is 29.2 Å². The van der Waals surface area contributed by atoms with Crippen LogP contribution in [0.1, 0.15) is 13.8 Å². The van der Waals surface area contributed by atoms with E-state index in [2.05, 4.69) is 4.72 Å². The van der Waals surface area contributed by atoms with Gasteiger partial charge in [-0.3, -0.25) is 4.79 Å². The topological polar surface area (TPSA) is 72.5 Å². The van der Waals surface area contributed by atoms with Crippen LogP contribution in [0, 0.1) is 5.92 Å². The molecule has 0 saturated heterocycles. The van der Waals surface area contributed by atoms with E-state index in [-0.39, 0.29) is 23.1 Å². The Balaban J connectivity index is 2.77. The Morgan fingerprint density at radius 2 is 1.83 bits per heavy atom. The second kappa shape index (κ2) is 5.97. The summed E-state index contributed by atoms with van der Waals surface area (Å²) >= 11 is 0. The molecule has 18 heavy (non-hydrogen) atoms. The average molecular weight is 271 g/mol. The first-order valence-electron chi connectivity index (χ1n) is 5.53. The largest absolute Gasteiger partial charge is 0.497 e.